The van der Waals surface area contributed by atoms with Crippen LogP contribution >= 0.6 is 0 Å². The summed E-state index contributed by atoms with van der Waals surface area (Å²) < 4.78 is 138. The molecule has 0 aromatic heterocycles. The van der Waals surface area contributed by atoms with Crippen LogP contribution in [0.1, 0.15) is 0 Å². The van der Waals surface area contributed by atoms with Crippen LogP contribution in [0.15, 0.2) is 24.3 Å². The average Bonchev–Trinajstić information content (AvgIpc) is 3.21. The molecular formula is C17H5BF10. The number of halogens is 10. The maximum Gasteiger partial charge on any atom is 0.235 e. The molecule has 0 radical (unpaired) electrons. The molecule has 0 unspecified atom stereocenters. The molecule has 11 heteroatoms. The third-order valence-corrected chi connectivity index (χ3v) is 4.27. The van der Waals surface area contributed by atoms with Gasteiger partial charge in [0, 0.05) is 10.9 Å². The van der Waals surface area contributed by atoms with Crippen molar-refractivity contribution in [3.05, 3.63) is 82.5 Å². The lowest BCUT2D eigenvalue weighted by Crippen LogP contribution is -2.52. The Morgan fingerprint density at radius 2 is 0.679 bits per heavy atom. The Labute approximate surface area is 150 Å². The van der Waals surface area contributed by atoms with Crippen molar-refractivity contribution in [3.8, 4) is 0 Å². The lowest BCUT2D eigenvalue weighted by atomic mass is 9.33. The maximum atomic E-state index is 14.3. The summed E-state index contributed by atoms with van der Waals surface area (Å²) >= 11 is 0. The van der Waals surface area contributed by atoms with Crippen molar-refractivity contribution in [3.63, 3.8) is 0 Å². The quantitative estimate of drug-likeness (QED) is 0.309. The predicted molar refractivity (Wildman–Crippen MR) is 79.5 cm³/mol. The standard InChI is InChI=1S/C17H5BF10/c19-8-6(9(20)13(24)16(27)12(8)23)18(5-3-1-2-4-5)7-10(21)14(25)17(28)15(26)11(7)22/h1-5H. The molecule has 0 saturated heterocycles. The highest BCUT2D eigenvalue weighted by Crippen LogP contribution is 2.27. The number of allylic oxidation sites excluding steroid dienone is 4. The van der Waals surface area contributed by atoms with Crippen LogP contribution in [0.3, 0.4) is 0 Å². The zero-order valence-electron chi connectivity index (χ0n) is 13.2. The first-order chi connectivity index (χ1) is 13.1. The van der Waals surface area contributed by atoms with Gasteiger partial charge in [-0.3, -0.25) is 0 Å². The minimum Gasteiger partial charge on any atom is -0.204 e. The number of rotatable bonds is 3. The molecule has 0 N–H and O–H groups in total. The Balaban J connectivity index is 2.44. The van der Waals surface area contributed by atoms with Crippen molar-refractivity contribution in [2.75, 3.05) is 0 Å². The Morgan fingerprint density at radius 1 is 0.429 bits per heavy atom. The van der Waals surface area contributed by atoms with Crippen LogP contribution in [0.5, 0.6) is 0 Å². The molecule has 0 amide bonds. The second kappa shape index (κ2) is 7.03. The molecule has 0 fully saturated rings. The minimum absolute atomic E-state index is 1.04. The predicted octanol–water partition coefficient (Wildman–Crippen LogP) is 4.18. The summed E-state index contributed by atoms with van der Waals surface area (Å²) in [5, 5.41) is 0. The van der Waals surface area contributed by atoms with Crippen LogP contribution in [0, 0.1) is 58.2 Å². The SMILES string of the molecule is Fc1c(F)c(F)c(B(c2c(F)c(F)c(F)c(F)c2F)C2C=CC=C2)c(F)c1F. The highest BCUT2D eigenvalue weighted by molar-refractivity contribution is 6.87. The van der Waals surface area contributed by atoms with Gasteiger partial charge in [-0.25, -0.2) is 43.9 Å². The van der Waals surface area contributed by atoms with E-state index in [1.165, 1.54) is 12.2 Å². The first kappa shape index (κ1) is 20.0. The molecule has 2 aromatic rings. The van der Waals surface area contributed by atoms with Crippen molar-refractivity contribution in [1.82, 2.24) is 0 Å². The minimum atomic E-state index is -2.53. The smallest absolute Gasteiger partial charge is 0.204 e. The van der Waals surface area contributed by atoms with Gasteiger partial charge in [-0.05, 0) is 5.82 Å². The van der Waals surface area contributed by atoms with Crippen LogP contribution < -0.4 is 10.9 Å². The largest absolute Gasteiger partial charge is 0.235 e. The third kappa shape index (κ3) is 2.80. The first-order valence-corrected chi connectivity index (χ1v) is 7.47. The fourth-order valence-corrected chi connectivity index (χ4v) is 2.99. The van der Waals surface area contributed by atoms with E-state index in [-0.39, 0.29) is 0 Å². The second-order valence-corrected chi connectivity index (χ2v) is 5.79. The molecule has 1 aliphatic rings. The van der Waals surface area contributed by atoms with Gasteiger partial charge in [0.2, 0.25) is 6.71 Å². The molecule has 0 nitrogen and oxygen atoms in total. The van der Waals surface area contributed by atoms with Gasteiger partial charge in [0.25, 0.3) is 0 Å². The normalized spacial score (nSPS) is 13.6. The van der Waals surface area contributed by atoms with Gasteiger partial charge in [0.05, 0.1) is 0 Å². The maximum absolute atomic E-state index is 14.3. The van der Waals surface area contributed by atoms with Gasteiger partial charge in [-0.1, -0.05) is 24.3 Å². The second-order valence-electron chi connectivity index (χ2n) is 5.79. The van der Waals surface area contributed by atoms with Crippen molar-refractivity contribution in [2.45, 2.75) is 5.82 Å². The van der Waals surface area contributed by atoms with E-state index in [1.54, 1.807) is 0 Å². The van der Waals surface area contributed by atoms with Gasteiger partial charge in [-0.2, -0.15) is 0 Å². The fraction of sp³-hybridized carbons (Fsp3) is 0.0588. The van der Waals surface area contributed by atoms with Crippen LogP contribution in [-0.2, 0) is 0 Å². The van der Waals surface area contributed by atoms with Crippen molar-refractivity contribution in [1.29, 1.82) is 0 Å². The summed E-state index contributed by atoms with van der Waals surface area (Å²) in [5.41, 5.74) is -3.44. The molecule has 0 aliphatic heterocycles. The summed E-state index contributed by atoms with van der Waals surface area (Å²) in [7, 11) is 0. The van der Waals surface area contributed by atoms with Crippen LogP contribution in [0.25, 0.3) is 0 Å². The molecular weight excluding hydrogens is 405 g/mol. The highest BCUT2D eigenvalue weighted by Gasteiger charge is 2.42. The van der Waals surface area contributed by atoms with E-state index < -0.39 is 81.6 Å². The van der Waals surface area contributed by atoms with Crippen molar-refractivity contribution in [2.24, 2.45) is 0 Å². The molecule has 1 aliphatic carbocycles. The van der Waals surface area contributed by atoms with Crippen molar-refractivity contribution < 1.29 is 43.9 Å². The Morgan fingerprint density at radius 3 is 0.964 bits per heavy atom. The van der Waals surface area contributed by atoms with E-state index in [0.29, 0.717) is 0 Å². The summed E-state index contributed by atoms with van der Waals surface area (Å²) in [6, 6.07) is 0. The zero-order chi connectivity index (χ0) is 20.9. The summed E-state index contributed by atoms with van der Waals surface area (Å²) in [6.07, 6.45) is 4.49. The van der Waals surface area contributed by atoms with Crippen molar-refractivity contribution >= 4 is 17.6 Å². The molecule has 0 spiro atoms. The average molecular weight is 410 g/mol. The first-order valence-electron chi connectivity index (χ1n) is 7.47. The van der Waals surface area contributed by atoms with E-state index in [2.05, 4.69) is 0 Å². The van der Waals surface area contributed by atoms with E-state index in [9.17, 15) is 43.9 Å². The topological polar surface area (TPSA) is 0 Å². The third-order valence-electron chi connectivity index (χ3n) is 4.27. The van der Waals surface area contributed by atoms with Crippen LogP contribution in [0.2, 0.25) is 5.82 Å². The van der Waals surface area contributed by atoms with E-state index in [0.717, 1.165) is 12.2 Å². The molecule has 0 saturated carbocycles. The van der Waals surface area contributed by atoms with Gasteiger partial charge in [0.1, 0.15) is 0 Å². The molecule has 146 valence electrons. The highest BCUT2D eigenvalue weighted by atomic mass is 19.2. The molecule has 0 heterocycles. The Hall–Kier alpha value is -2.72. The summed E-state index contributed by atoms with van der Waals surface area (Å²) in [5.74, 6) is -26.0. The Kier molecular flexibility index (Phi) is 5.03. The summed E-state index contributed by atoms with van der Waals surface area (Å²) in [6.45, 7) is -2.43. The molecule has 3 rings (SSSR count). The Bertz CT molecular complexity index is 904. The fourth-order valence-electron chi connectivity index (χ4n) is 2.99. The van der Waals surface area contributed by atoms with E-state index >= 15 is 0 Å². The van der Waals surface area contributed by atoms with E-state index in [1.807, 2.05) is 0 Å². The monoisotopic (exact) mass is 410 g/mol. The lowest BCUT2D eigenvalue weighted by Gasteiger charge is -2.22. The summed E-state index contributed by atoms with van der Waals surface area (Å²) in [4.78, 5) is 0. The molecule has 28 heavy (non-hydrogen) atoms. The van der Waals surface area contributed by atoms with Gasteiger partial charge in [-0.15, -0.1) is 0 Å². The van der Waals surface area contributed by atoms with E-state index in [4.69, 9.17) is 0 Å². The number of hydrogen-bond donors (Lipinski definition) is 0. The van der Waals surface area contributed by atoms with Gasteiger partial charge >= 0.3 is 0 Å². The number of hydrogen-bond acceptors (Lipinski definition) is 0. The van der Waals surface area contributed by atoms with Crippen LogP contribution in [-0.4, -0.2) is 6.71 Å². The lowest BCUT2D eigenvalue weighted by molar-refractivity contribution is 0.382. The van der Waals surface area contributed by atoms with Crippen LogP contribution in [0.4, 0.5) is 43.9 Å². The zero-order valence-corrected chi connectivity index (χ0v) is 13.2. The molecule has 0 bridgehead atoms. The number of benzene rings is 2. The molecule has 2 aromatic carbocycles. The molecule has 0 atom stereocenters. The van der Waals surface area contributed by atoms with Gasteiger partial charge in [0.15, 0.2) is 58.2 Å². The van der Waals surface area contributed by atoms with Gasteiger partial charge < -0.3 is 0 Å².